The zero-order valence-electron chi connectivity index (χ0n) is 4.42. The van der Waals surface area contributed by atoms with Gasteiger partial charge in [0.1, 0.15) is 0 Å². The van der Waals surface area contributed by atoms with Gasteiger partial charge in [-0.2, -0.15) is 0 Å². The van der Waals surface area contributed by atoms with Crippen LogP contribution in [0.5, 0.6) is 0 Å². The summed E-state index contributed by atoms with van der Waals surface area (Å²) in [7, 11) is 0. The molecule has 0 aromatic rings. The maximum absolute atomic E-state index is 10.5. The lowest BCUT2D eigenvalue weighted by Crippen LogP contribution is -1.98. The van der Waals surface area contributed by atoms with Crippen molar-refractivity contribution in [1.29, 1.82) is 0 Å². The standard InChI is InChI=1S/C6H6NO/c1-5-4-6(8)2-3-7-5/h3-4H,1-2H2. The summed E-state index contributed by atoms with van der Waals surface area (Å²) in [6.45, 7) is 3.49. The molecular weight excluding hydrogens is 102 g/mol. The lowest BCUT2D eigenvalue weighted by atomic mass is 10.2. The third kappa shape index (κ3) is 1.03. The molecule has 0 unspecified atom stereocenters. The minimum atomic E-state index is 0.0880. The van der Waals surface area contributed by atoms with Gasteiger partial charge in [0, 0.05) is 24.4 Å². The van der Waals surface area contributed by atoms with Gasteiger partial charge in [0.05, 0.1) is 0 Å². The highest BCUT2D eigenvalue weighted by molar-refractivity contribution is 6.01. The number of rotatable bonds is 0. The summed E-state index contributed by atoms with van der Waals surface area (Å²) < 4.78 is 0. The molecule has 2 heteroatoms. The van der Waals surface area contributed by atoms with Crippen LogP contribution in [0, 0.1) is 6.92 Å². The van der Waals surface area contributed by atoms with Crippen molar-refractivity contribution >= 4 is 12.0 Å². The Labute approximate surface area is 47.9 Å². The van der Waals surface area contributed by atoms with Crippen LogP contribution in [0.4, 0.5) is 0 Å². The summed E-state index contributed by atoms with van der Waals surface area (Å²) in [6, 6.07) is 0. The maximum atomic E-state index is 10.5. The van der Waals surface area contributed by atoms with Crippen LogP contribution in [-0.4, -0.2) is 12.0 Å². The fraction of sp³-hybridized carbons (Fsp3) is 0.167. The molecule has 0 amide bonds. The molecule has 0 aliphatic carbocycles. The number of hydrogen-bond acceptors (Lipinski definition) is 2. The Morgan fingerprint density at radius 1 is 1.75 bits per heavy atom. The molecule has 1 heterocycles. The summed E-state index contributed by atoms with van der Waals surface area (Å²) in [5.41, 5.74) is 0.557. The van der Waals surface area contributed by atoms with Gasteiger partial charge >= 0.3 is 0 Å². The smallest absolute Gasteiger partial charge is 0.162 e. The van der Waals surface area contributed by atoms with Crippen molar-refractivity contribution in [2.24, 2.45) is 4.99 Å². The van der Waals surface area contributed by atoms with Gasteiger partial charge in [0.25, 0.3) is 0 Å². The molecule has 2 nitrogen and oxygen atoms in total. The minimum absolute atomic E-state index is 0.0880. The molecule has 1 aliphatic rings. The van der Waals surface area contributed by atoms with E-state index in [2.05, 4.69) is 11.9 Å². The Hall–Kier alpha value is -0.920. The van der Waals surface area contributed by atoms with Gasteiger partial charge in [-0.25, -0.2) is 0 Å². The van der Waals surface area contributed by atoms with E-state index in [9.17, 15) is 4.79 Å². The van der Waals surface area contributed by atoms with Gasteiger partial charge in [0.15, 0.2) is 5.78 Å². The summed E-state index contributed by atoms with van der Waals surface area (Å²) >= 11 is 0. The normalized spacial score (nSPS) is 18.6. The quantitative estimate of drug-likeness (QED) is 0.450. The zero-order valence-corrected chi connectivity index (χ0v) is 4.42. The van der Waals surface area contributed by atoms with E-state index in [4.69, 9.17) is 0 Å². The molecule has 0 aromatic heterocycles. The van der Waals surface area contributed by atoms with E-state index in [1.165, 1.54) is 6.08 Å². The largest absolute Gasteiger partial charge is 0.294 e. The van der Waals surface area contributed by atoms with Crippen LogP contribution in [0.25, 0.3) is 0 Å². The van der Waals surface area contributed by atoms with Crippen LogP contribution in [0.15, 0.2) is 16.8 Å². The van der Waals surface area contributed by atoms with Crippen LogP contribution in [-0.2, 0) is 4.79 Å². The number of ketones is 1. The summed E-state index contributed by atoms with van der Waals surface area (Å²) in [5.74, 6) is 0.0880. The molecule has 0 spiro atoms. The van der Waals surface area contributed by atoms with Crippen molar-refractivity contribution in [3.05, 3.63) is 18.7 Å². The number of nitrogens with zero attached hydrogens (tertiary/aromatic N) is 1. The van der Waals surface area contributed by atoms with E-state index in [0.29, 0.717) is 12.1 Å². The first-order chi connectivity index (χ1) is 3.79. The van der Waals surface area contributed by atoms with Gasteiger partial charge in [-0.05, 0) is 6.92 Å². The summed E-state index contributed by atoms with van der Waals surface area (Å²) in [4.78, 5) is 14.3. The monoisotopic (exact) mass is 108 g/mol. The molecule has 0 fully saturated rings. The second-order valence-electron chi connectivity index (χ2n) is 1.62. The highest BCUT2D eigenvalue weighted by atomic mass is 16.1. The van der Waals surface area contributed by atoms with E-state index in [1.807, 2.05) is 0 Å². The van der Waals surface area contributed by atoms with Crippen molar-refractivity contribution in [3.63, 3.8) is 0 Å². The molecule has 1 radical (unpaired) electrons. The molecule has 41 valence electrons. The molecule has 1 aliphatic heterocycles. The van der Waals surface area contributed by atoms with Gasteiger partial charge in [-0.15, -0.1) is 0 Å². The van der Waals surface area contributed by atoms with E-state index < -0.39 is 0 Å². The molecule has 0 aromatic carbocycles. The predicted octanol–water partition coefficient (Wildman–Crippen LogP) is 0.748. The molecule has 0 saturated heterocycles. The van der Waals surface area contributed by atoms with Crippen molar-refractivity contribution in [1.82, 2.24) is 0 Å². The average Bonchev–Trinajstić information content (AvgIpc) is 1.64. The zero-order chi connectivity index (χ0) is 5.98. The fourth-order valence-corrected chi connectivity index (χ4v) is 0.535. The van der Waals surface area contributed by atoms with Gasteiger partial charge in [-0.3, -0.25) is 9.79 Å². The van der Waals surface area contributed by atoms with Gasteiger partial charge in [0.2, 0.25) is 0 Å². The predicted molar refractivity (Wildman–Crippen MR) is 31.6 cm³/mol. The number of carbonyl (C=O) groups is 1. The molecule has 0 saturated carbocycles. The molecule has 0 bridgehead atoms. The molecule has 0 N–H and O–H groups in total. The topological polar surface area (TPSA) is 29.4 Å². The van der Waals surface area contributed by atoms with Crippen LogP contribution in [0.1, 0.15) is 6.42 Å². The lowest BCUT2D eigenvalue weighted by molar-refractivity contribution is -0.113. The van der Waals surface area contributed by atoms with E-state index >= 15 is 0 Å². The first kappa shape index (κ1) is 5.22. The average molecular weight is 108 g/mol. The number of allylic oxidation sites excluding steroid dienone is 2. The van der Waals surface area contributed by atoms with Crippen LogP contribution in [0.2, 0.25) is 0 Å². The van der Waals surface area contributed by atoms with Crippen LogP contribution < -0.4 is 0 Å². The summed E-state index contributed by atoms with van der Waals surface area (Å²) in [5, 5.41) is 0. The van der Waals surface area contributed by atoms with Crippen molar-refractivity contribution in [3.8, 4) is 0 Å². The van der Waals surface area contributed by atoms with Crippen molar-refractivity contribution in [2.75, 3.05) is 0 Å². The van der Waals surface area contributed by atoms with Gasteiger partial charge in [-0.1, -0.05) is 0 Å². The fourth-order valence-electron chi connectivity index (χ4n) is 0.535. The second kappa shape index (κ2) is 1.90. The molecular formula is C6H6NO. The minimum Gasteiger partial charge on any atom is -0.294 e. The number of carbonyl (C=O) groups excluding carboxylic acids is 1. The lowest BCUT2D eigenvalue weighted by Gasteiger charge is -1.95. The van der Waals surface area contributed by atoms with E-state index in [-0.39, 0.29) is 5.78 Å². The van der Waals surface area contributed by atoms with Gasteiger partial charge < -0.3 is 0 Å². The highest BCUT2D eigenvalue weighted by Crippen LogP contribution is 1.99. The maximum Gasteiger partial charge on any atom is 0.162 e. The number of hydrogen-bond donors (Lipinski definition) is 0. The highest BCUT2D eigenvalue weighted by Gasteiger charge is 1.99. The first-order valence-electron chi connectivity index (χ1n) is 2.38. The molecule has 1 rings (SSSR count). The molecule has 8 heavy (non-hydrogen) atoms. The first-order valence-corrected chi connectivity index (χ1v) is 2.38. The van der Waals surface area contributed by atoms with Crippen LogP contribution in [0.3, 0.4) is 0 Å². The second-order valence-corrected chi connectivity index (χ2v) is 1.62. The Balaban J connectivity index is 2.77. The Kier molecular flexibility index (Phi) is 1.24. The third-order valence-electron chi connectivity index (χ3n) is 0.877. The number of aliphatic imine (C=N–C) groups is 1. The van der Waals surface area contributed by atoms with E-state index in [0.717, 1.165) is 0 Å². The Morgan fingerprint density at radius 2 is 2.50 bits per heavy atom. The van der Waals surface area contributed by atoms with Crippen LogP contribution >= 0.6 is 0 Å². The van der Waals surface area contributed by atoms with Crippen molar-refractivity contribution < 1.29 is 4.79 Å². The SMILES string of the molecule is [CH2]C1=CC(=O)CC=N1. The Morgan fingerprint density at radius 3 is 2.88 bits per heavy atom. The third-order valence-corrected chi connectivity index (χ3v) is 0.877. The molecule has 0 atom stereocenters. The summed E-state index contributed by atoms with van der Waals surface area (Å²) in [6.07, 6.45) is 3.45. The van der Waals surface area contributed by atoms with E-state index in [1.54, 1.807) is 6.21 Å². The van der Waals surface area contributed by atoms with Crippen molar-refractivity contribution in [2.45, 2.75) is 6.42 Å². The Bertz CT molecular complexity index is 167.